The molecule has 7 heteroatoms. The fourth-order valence-corrected chi connectivity index (χ4v) is 2.73. The molecule has 5 nitrogen and oxygen atoms in total. The predicted octanol–water partition coefficient (Wildman–Crippen LogP) is 2.97. The zero-order valence-corrected chi connectivity index (χ0v) is 13.6. The minimum Gasteiger partial charge on any atom is -0.479 e. The van der Waals surface area contributed by atoms with Crippen LogP contribution < -0.4 is 0 Å². The minimum absolute atomic E-state index is 0.197. The number of benzene rings is 1. The van der Waals surface area contributed by atoms with Gasteiger partial charge >= 0.3 is 5.97 Å². The van der Waals surface area contributed by atoms with Gasteiger partial charge in [-0.25, -0.2) is 4.79 Å². The maximum atomic E-state index is 12.4. The van der Waals surface area contributed by atoms with Gasteiger partial charge in [-0.2, -0.15) is 0 Å². The summed E-state index contributed by atoms with van der Waals surface area (Å²) in [7, 11) is 0. The van der Waals surface area contributed by atoms with Crippen LogP contribution in [-0.4, -0.2) is 40.6 Å². The van der Waals surface area contributed by atoms with E-state index in [1.807, 2.05) is 6.92 Å². The maximum Gasteiger partial charge on any atom is 0.332 e. The number of hydrogen-bond acceptors (Lipinski definition) is 3. The zero-order valence-electron chi connectivity index (χ0n) is 12.1. The molecule has 1 aromatic rings. The Morgan fingerprint density at radius 1 is 1.27 bits per heavy atom. The molecule has 0 unspecified atom stereocenters. The number of aliphatic carboxylic acids is 1. The molecule has 0 spiro atoms. The van der Waals surface area contributed by atoms with E-state index < -0.39 is 18.2 Å². The van der Waals surface area contributed by atoms with E-state index in [1.54, 1.807) is 23.1 Å². The summed E-state index contributed by atoms with van der Waals surface area (Å²) in [4.78, 5) is 25.0. The van der Waals surface area contributed by atoms with Crippen molar-refractivity contribution in [3.63, 3.8) is 0 Å². The van der Waals surface area contributed by atoms with Crippen LogP contribution in [0.2, 0.25) is 10.0 Å². The Balaban J connectivity index is 2.03. The smallest absolute Gasteiger partial charge is 0.332 e. The number of hydrogen-bond donors (Lipinski definition) is 1. The molecule has 0 aliphatic carbocycles. The van der Waals surface area contributed by atoms with Crippen LogP contribution in [0.25, 0.3) is 0 Å². The summed E-state index contributed by atoms with van der Waals surface area (Å²) in [5.41, 5.74) is 0.859. The summed E-state index contributed by atoms with van der Waals surface area (Å²) in [5, 5.41) is 9.82. The van der Waals surface area contributed by atoms with Crippen LogP contribution in [0, 0.1) is 0 Å². The van der Waals surface area contributed by atoms with E-state index in [0.717, 1.165) is 5.56 Å². The molecule has 1 aliphatic heterocycles. The van der Waals surface area contributed by atoms with E-state index in [4.69, 9.17) is 33.0 Å². The number of likely N-dealkylation sites (N-methyl/N-ethyl adjacent to an activating group) is 1. The molecule has 0 aromatic heterocycles. The fourth-order valence-electron chi connectivity index (χ4n) is 2.41. The molecule has 1 N–H and O–H groups in total. The molecule has 1 aliphatic rings. The molecule has 1 saturated heterocycles. The van der Waals surface area contributed by atoms with Crippen LogP contribution in [0.5, 0.6) is 0 Å². The normalized spacial score (nSPS) is 20.9. The highest BCUT2D eigenvalue weighted by molar-refractivity contribution is 6.42. The van der Waals surface area contributed by atoms with Crippen LogP contribution in [0.1, 0.15) is 25.3 Å². The molecule has 2 rings (SSSR count). The van der Waals surface area contributed by atoms with Crippen molar-refractivity contribution in [2.45, 2.75) is 38.5 Å². The number of carbonyl (C=O) groups excluding carboxylic acids is 1. The Kier molecular flexibility index (Phi) is 5.67. The molecular formula is C15H17Cl2NO4. The average Bonchev–Trinajstić information content (AvgIpc) is 2.97. The number of ether oxygens (including phenoxy) is 1. The number of rotatable bonds is 5. The monoisotopic (exact) mass is 345 g/mol. The minimum atomic E-state index is -1.03. The van der Waals surface area contributed by atoms with E-state index >= 15 is 0 Å². The molecule has 22 heavy (non-hydrogen) atoms. The summed E-state index contributed by atoms with van der Waals surface area (Å²) in [5.74, 6) is -1.22. The van der Waals surface area contributed by atoms with Gasteiger partial charge in [0, 0.05) is 13.1 Å². The zero-order chi connectivity index (χ0) is 16.3. The molecule has 1 heterocycles. The average molecular weight is 346 g/mol. The van der Waals surface area contributed by atoms with E-state index in [1.165, 1.54) is 0 Å². The van der Waals surface area contributed by atoms with E-state index in [0.29, 0.717) is 36.0 Å². The maximum absolute atomic E-state index is 12.4. The highest BCUT2D eigenvalue weighted by Gasteiger charge is 2.36. The second-order valence-electron chi connectivity index (χ2n) is 5.13. The Labute approximate surface area is 138 Å². The van der Waals surface area contributed by atoms with Crippen molar-refractivity contribution in [2.24, 2.45) is 0 Å². The molecule has 1 amide bonds. The molecule has 0 saturated carbocycles. The van der Waals surface area contributed by atoms with Gasteiger partial charge in [0.2, 0.25) is 0 Å². The first-order chi connectivity index (χ1) is 10.4. The number of amides is 1. The van der Waals surface area contributed by atoms with Crippen LogP contribution in [0.4, 0.5) is 0 Å². The quantitative estimate of drug-likeness (QED) is 0.890. The highest BCUT2D eigenvalue weighted by Crippen LogP contribution is 2.25. The Morgan fingerprint density at radius 3 is 2.50 bits per heavy atom. The van der Waals surface area contributed by atoms with Crippen molar-refractivity contribution in [2.75, 3.05) is 6.54 Å². The molecule has 1 fully saturated rings. The summed E-state index contributed by atoms with van der Waals surface area (Å²) >= 11 is 11.9. The number of halogens is 2. The van der Waals surface area contributed by atoms with Crippen LogP contribution in [0.3, 0.4) is 0 Å². The summed E-state index contributed by atoms with van der Waals surface area (Å²) < 4.78 is 5.31. The molecule has 1 aromatic carbocycles. The van der Waals surface area contributed by atoms with Gasteiger partial charge in [0.25, 0.3) is 5.91 Å². The largest absolute Gasteiger partial charge is 0.479 e. The number of carbonyl (C=O) groups is 2. The summed E-state index contributed by atoms with van der Waals surface area (Å²) in [6, 6.07) is 5.21. The van der Waals surface area contributed by atoms with Gasteiger partial charge in [0.05, 0.1) is 10.0 Å². The lowest BCUT2D eigenvalue weighted by Crippen LogP contribution is -2.39. The summed E-state index contributed by atoms with van der Waals surface area (Å²) in [6.45, 7) is 2.74. The third kappa shape index (κ3) is 3.91. The standard InChI is InChI=1S/C15H17Cl2NO4/c1-2-18(8-9-3-4-10(16)11(17)7-9)14(19)12-5-6-13(22-12)15(20)21/h3-4,7,12-13H,2,5-6,8H2,1H3,(H,20,21)/t12-,13+/m0/s1. The van der Waals surface area contributed by atoms with Crippen LogP contribution in [-0.2, 0) is 20.9 Å². The summed E-state index contributed by atoms with van der Waals surface area (Å²) in [6.07, 6.45) is -0.800. The topological polar surface area (TPSA) is 66.8 Å². The van der Waals surface area contributed by atoms with E-state index in [2.05, 4.69) is 0 Å². The van der Waals surface area contributed by atoms with Gasteiger partial charge < -0.3 is 14.7 Å². The SMILES string of the molecule is CCN(Cc1ccc(Cl)c(Cl)c1)C(=O)[C@@H]1CC[C@H](C(=O)O)O1. The predicted molar refractivity (Wildman–Crippen MR) is 83.1 cm³/mol. The van der Waals surface area contributed by atoms with Crippen molar-refractivity contribution < 1.29 is 19.4 Å². The van der Waals surface area contributed by atoms with Crippen molar-refractivity contribution in [3.8, 4) is 0 Å². The molecular weight excluding hydrogens is 329 g/mol. The van der Waals surface area contributed by atoms with Crippen LogP contribution in [0.15, 0.2) is 18.2 Å². The third-order valence-corrected chi connectivity index (χ3v) is 4.36. The highest BCUT2D eigenvalue weighted by atomic mass is 35.5. The van der Waals surface area contributed by atoms with E-state index in [9.17, 15) is 9.59 Å². The fraction of sp³-hybridized carbons (Fsp3) is 0.467. The molecule has 0 radical (unpaired) electrons. The van der Waals surface area contributed by atoms with Gasteiger partial charge in [0.15, 0.2) is 6.10 Å². The number of nitrogens with zero attached hydrogens (tertiary/aromatic N) is 1. The van der Waals surface area contributed by atoms with Crippen molar-refractivity contribution in [1.29, 1.82) is 0 Å². The lowest BCUT2D eigenvalue weighted by Gasteiger charge is -2.24. The Hall–Kier alpha value is -1.30. The molecule has 0 bridgehead atoms. The second kappa shape index (κ2) is 7.31. The second-order valence-corrected chi connectivity index (χ2v) is 5.94. The van der Waals surface area contributed by atoms with Gasteiger partial charge in [0.1, 0.15) is 6.10 Å². The first-order valence-corrected chi connectivity index (χ1v) is 7.79. The Morgan fingerprint density at radius 2 is 1.95 bits per heavy atom. The molecule has 2 atom stereocenters. The van der Waals surface area contributed by atoms with Crippen LogP contribution >= 0.6 is 23.2 Å². The lowest BCUT2D eigenvalue weighted by atomic mass is 10.1. The van der Waals surface area contributed by atoms with Gasteiger partial charge in [-0.15, -0.1) is 0 Å². The van der Waals surface area contributed by atoms with Crippen molar-refractivity contribution >= 4 is 35.1 Å². The third-order valence-electron chi connectivity index (χ3n) is 3.62. The lowest BCUT2D eigenvalue weighted by molar-refractivity contribution is -0.155. The first kappa shape index (κ1) is 17.1. The van der Waals surface area contributed by atoms with Gasteiger partial charge in [-0.05, 0) is 37.5 Å². The van der Waals surface area contributed by atoms with E-state index in [-0.39, 0.29) is 5.91 Å². The first-order valence-electron chi connectivity index (χ1n) is 7.03. The van der Waals surface area contributed by atoms with Gasteiger partial charge in [-0.3, -0.25) is 4.79 Å². The van der Waals surface area contributed by atoms with Gasteiger partial charge in [-0.1, -0.05) is 29.3 Å². The number of carboxylic acid groups (broad SMARTS) is 1. The van der Waals surface area contributed by atoms with Crippen molar-refractivity contribution in [1.82, 2.24) is 4.90 Å². The Bertz CT molecular complexity index is 579. The van der Waals surface area contributed by atoms with Crippen molar-refractivity contribution in [3.05, 3.63) is 33.8 Å². The number of carboxylic acids is 1. The molecule has 120 valence electrons.